The van der Waals surface area contributed by atoms with E-state index >= 15 is 0 Å². The minimum Gasteiger partial charge on any atom is -0.384 e. The van der Waals surface area contributed by atoms with Crippen LogP contribution < -0.4 is 10.0 Å². The normalized spacial score (nSPS) is 15.2. The van der Waals surface area contributed by atoms with E-state index in [1.807, 2.05) is 12.1 Å². The highest BCUT2D eigenvalue weighted by atomic mass is 32.2. The van der Waals surface area contributed by atoms with Gasteiger partial charge in [-0.3, -0.25) is 0 Å². The zero-order valence-electron chi connectivity index (χ0n) is 12.1. The Kier molecular flexibility index (Phi) is 5.43. The van der Waals surface area contributed by atoms with Crippen LogP contribution in [-0.2, 0) is 10.0 Å². The van der Waals surface area contributed by atoms with Gasteiger partial charge >= 0.3 is 0 Å². The van der Waals surface area contributed by atoms with E-state index in [0.29, 0.717) is 10.6 Å². The topological polar surface area (TPSA) is 58.2 Å². The second kappa shape index (κ2) is 7.09. The molecule has 112 valence electrons. The van der Waals surface area contributed by atoms with Crippen molar-refractivity contribution < 1.29 is 8.42 Å². The van der Waals surface area contributed by atoms with E-state index in [4.69, 9.17) is 0 Å². The number of nitrogens with one attached hydrogen (secondary N) is 2. The monoisotopic (exact) mass is 296 g/mol. The molecule has 0 bridgehead atoms. The third kappa shape index (κ3) is 4.49. The van der Waals surface area contributed by atoms with Crippen molar-refractivity contribution in [3.05, 3.63) is 24.3 Å². The minimum atomic E-state index is -3.39. The van der Waals surface area contributed by atoms with Crippen molar-refractivity contribution in [2.75, 3.05) is 11.9 Å². The molecule has 5 heteroatoms. The van der Waals surface area contributed by atoms with Gasteiger partial charge in [0.1, 0.15) is 4.90 Å². The van der Waals surface area contributed by atoms with Gasteiger partial charge in [-0.25, -0.2) is 13.1 Å². The number of hydrogen-bond donors (Lipinski definition) is 2. The predicted octanol–water partition coefficient (Wildman–Crippen LogP) is 3.12. The third-order valence-corrected chi connectivity index (χ3v) is 5.00. The van der Waals surface area contributed by atoms with Crippen molar-refractivity contribution in [2.45, 2.75) is 56.4 Å². The number of benzene rings is 1. The third-order valence-electron chi connectivity index (χ3n) is 3.42. The number of para-hydroxylation sites is 1. The van der Waals surface area contributed by atoms with E-state index in [9.17, 15) is 8.42 Å². The van der Waals surface area contributed by atoms with Crippen LogP contribution in [0.3, 0.4) is 0 Å². The molecule has 2 rings (SSSR count). The first kappa shape index (κ1) is 15.3. The van der Waals surface area contributed by atoms with Crippen molar-refractivity contribution in [2.24, 2.45) is 0 Å². The van der Waals surface area contributed by atoms with Gasteiger partial charge < -0.3 is 5.32 Å². The maximum atomic E-state index is 12.3. The lowest BCUT2D eigenvalue weighted by atomic mass is 10.2. The molecule has 0 aromatic heterocycles. The molecule has 0 heterocycles. The summed E-state index contributed by atoms with van der Waals surface area (Å²) in [5.41, 5.74) is 0.706. The summed E-state index contributed by atoms with van der Waals surface area (Å²) >= 11 is 0. The van der Waals surface area contributed by atoms with Gasteiger partial charge in [0.2, 0.25) is 10.0 Å². The van der Waals surface area contributed by atoms with E-state index in [1.165, 1.54) is 19.3 Å². The number of sulfonamides is 1. The van der Waals surface area contributed by atoms with Gasteiger partial charge in [0.15, 0.2) is 0 Å². The summed E-state index contributed by atoms with van der Waals surface area (Å²) in [5, 5.41) is 3.25. The van der Waals surface area contributed by atoms with Gasteiger partial charge in [-0.15, -0.1) is 0 Å². The second-order valence-corrected chi connectivity index (χ2v) is 7.06. The molecular formula is C15H24N2O2S. The van der Waals surface area contributed by atoms with E-state index in [0.717, 1.165) is 25.8 Å². The van der Waals surface area contributed by atoms with Crippen LogP contribution in [0.4, 0.5) is 5.69 Å². The van der Waals surface area contributed by atoms with Crippen LogP contribution in [0.25, 0.3) is 0 Å². The average Bonchev–Trinajstić information content (AvgIpc) is 3.22. The Morgan fingerprint density at radius 2 is 1.90 bits per heavy atom. The van der Waals surface area contributed by atoms with Crippen LogP contribution in [-0.4, -0.2) is 21.0 Å². The van der Waals surface area contributed by atoms with Crippen LogP contribution in [0.5, 0.6) is 0 Å². The molecule has 0 amide bonds. The number of rotatable bonds is 9. The fourth-order valence-electron chi connectivity index (χ4n) is 2.11. The Hall–Kier alpha value is -1.07. The Labute approximate surface area is 122 Å². The zero-order chi connectivity index (χ0) is 14.4. The Morgan fingerprint density at radius 3 is 2.60 bits per heavy atom. The van der Waals surface area contributed by atoms with Gasteiger partial charge in [-0.2, -0.15) is 0 Å². The van der Waals surface area contributed by atoms with Crippen molar-refractivity contribution in [1.82, 2.24) is 4.72 Å². The first-order valence-electron chi connectivity index (χ1n) is 7.48. The molecule has 20 heavy (non-hydrogen) atoms. The standard InChI is InChI=1S/C15H24N2O2S/c1-2-3-4-7-12-16-14-8-5-6-9-15(14)20(18,19)17-13-10-11-13/h5-6,8-9,13,16-17H,2-4,7,10-12H2,1H3. The summed E-state index contributed by atoms with van der Waals surface area (Å²) in [6.07, 6.45) is 6.58. The van der Waals surface area contributed by atoms with Gasteiger partial charge in [0.25, 0.3) is 0 Å². The zero-order valence-corrected chi connectivity index (χ0v) is 12.9. The van der Waals surface area contributed by atoms with Gasteiger partial charge in [-0.1, -0.05) is 38.3 Å². The summed E-state index contributed by atoms with van der Waals surface area (Å²) in [6, 6.07) is 7.27. The summed E-state index contributed by atoms with van der Waals surface area (Å²) in [6.45, 7) is 2.99. The van der Waals surface area contributed by atoms with Crippen LogP contribution >= 0.6 is 0 Å². The Bertz CT molecular complexity index is 524. The van der Waals surface area contributed by atoms with Gasteiger partial charge in [0.05, 0.1) is 5.69 Å². The van der Waals surface area contributed by atoms with E-state index in [1.54, 1.807) is 12.1 Å². The van der Waals surface area contributed by atoms with Crippen molar-refractivity contribution in [3.63, 3.8) is 0 Å². The van der Waals surface area contributed by atoms with E-state index < -0.39 is 10.0 Å². The molecule has 4 nitrogen and oxygen atoms in total. The molecule has 2 N–H and O–H groups in total. The number of anilines is 1. The molecule has 0 atom stereocenters. The molecule has 0 aliphatic heterocycles. The first-order chi connectivity index (χ1) is 9.63. The molecular weight excluding hydrogens is 272 g/mol. The SMILES string of the molecule is CCCCCCNc1ccccc1S(=O)(=O)NC1CC1. The van der Waals surface area contributed by atoms with Crippen molar-refractivity contribution >= 4 is 15.7 Å². The van der Waals surface area contributed by atoms with Crippen molar-refractivity contribution in [3.8, 4) is 0 Å². The minimum absolute atomic E-state index is 0.137. The smallest absolute Gasteiger partial charge is 0.242 e. The molecule has 1 aromatic carbocycles. The Morgan fingerprint density at radius 1 is 1.15 bits per heavy atom. The fraction of sp³-hybridized carbons (Fsp3) is 0.600. The number of unbranched alkanes of at least 4 members (excludes halogenated alkanes) is 3. The summed E-state index contributed by atoms with van der Waals surface area (Å²) in [4.78, 5) is 0.363. The van der Waals surface area contributed by atoms with Crippen molar-refractivity contribution in [1.29, 1.82) is 0 Å². The van der Waals surface area contributed by atoms with Crippen LogP contribution in [0, 0.1) is 0 Å². The summed E-state index contributed by atoms with van der Waals surface area (Å²) in [5.74, 6) is 0. The quantitative estimate of drug-likeness (QED) is 0.688. The van der Waals surface area contributed by atoms with Gasteiger partial charge in [-0.05, 0) is 31.4 Å². The summed E-state index contributed by atoms with van der Waals surface area (Å²) < 4.78 is 27.3. The lowest BCUT2D eigenvalue weighted by Crippen LogP contribution is -2.26. The molecule has 0 unspecified atom stereocenters. The molecule has 0 spiro atoms. The predicted molar refractivity (Wildman–Crippen MR) is 82.4 cm³/mol. The van der Waals surface area contributed by atoms with Crippen LogP contribution in [0.1, 0.15) is 45.4 Å². The fourth-order valence-corrected chi connectivity index (χ4v) is 3.59. The maximum Gasteiger partial charge on any atom is 0.242 e. The maximum absolute atomic E-state index is 12.3. The highest BCUT2D eigenvalue weighted by Crippen LogP contribution is 2.25. The van der Waals surface area contributed by atoms with Crippen LogP contribution in [0.15, 0.2) is 29.2 Å². The molecule has 1 aliphatic carbocycles. The van der Waals surface area contributed by atoms with E-state index in [-0.39, 0.29) is 6.04 Å². The number of hydrogen-bond acceptors (Lipinski definition) is 3. The summed E-state index contributed by atoms with van der Waals surface area (Å²) in [7, 11) is -3.39. The molecule has 0 radical (unpaired) electrons. The second-order valence-electron chi connectivity index (χ2n) is 5.38. The molecule has 1 aliphatic rings. The largest absolute Gasteiger partial charge is 0.384 e. The van der Waals surface area contributed by atoms with E-state index in [2.05, 4.69) is 17.0 Å². The molecule has 0 saturated heterocycles. The first-order valence-corrected chi connectivity index (χ1v) is 8.97. The molecule has 1 aromatic rings. The van der Waals surface area contributed by atoms with Crippen LogP contribution in [0.2, 0.25) is 0 Å². The average molecular weight is 296 g/mol. The Balaban J connectivity index is 1.98. The lowest BCUT2D eigenvalue weighted by Gasteiger charge is -2.13. The molecule has 1 saturated carbocycles. The van der Waals surface area contributed by atoms with Gasteiger partial charge in [0, 0.05) is 12.6 Å². The lowest BCUT2D eigenvalue weighted by molar-refractivity contribution is 0.581. The highest BCUT2D eigenvalue weighted by Gasteiger charge is 2.29. The highest BCUT2D eigenvalue weighted by molar-refractivity contribution is 7.89. The molecule has 1 fully saturated rings.